The standard InChI is InChI=1S/C10H15N3O/c1-8(2)4-5-14-10-6-9(11-3)12-7-13-10/h6-7H,1,4-5H2,2-3H3,(H,11,12,13). The molecule has 0 fully saturated rings. The van der Waals surface area contributed by atoms with Gasteiger partial charge in [-0.2, -0.15) is 0 Å². The summed E-state index contributed by atoms with van der Waals surface area (Å²) < 4.78 is 5.41. The highest BCUT2D eigenvalue weighted by Crippen LogP contribution is 2.10. The van der Waals surface area contributed by atoms with E-state index in [0.717, 1.165) is 17.8 Å². The Hall–Kier alpha value is -1.58. The zero-order valence-corrected chi connectivity index (χ0v) is 8.58. The Morgan fingerprint density at radius 1 is 1.57 bits per heavy atom. The molecule has 1 heterocycles. The molecule has 0 aliphatic rings. The third-order valence-corrected chi connectivity index (χ3v) is 1.68. The summed E-state index contributed by atoms with van der Waals surface area (Å²) in [6.07, 6.45) is 2.32. The second-order valence-corrected chi connectivity index (χ2v) is 3.05. The lowest BCUT2D eigenvalue weighted by molar-refractivity contribution is 0.309. The smallest absolute Gasteiger partial charge is 0.218 e. The second kappa shape index (κ2) is 5.21. The summed E-state index contributed by atoms with van der Waals surface area (Å²) >= 11 is 0. The molecule has 0 bridgehead atoms. The van der Waals surface area contributed by atoms with Gasteiger partial charge in [0, 0.05) is 19.5 Å². The lowest BCUT2D eigenvalue weighted by atomic mass is 10.3. The Labute approximate surface area is 84.0 Å². The molecule has 0 atom stereocenters. The number of hydrogen-bond donors (Lipinski definition) is 1. The van der Waals surface area contributed by atoms with E-state index in [0.29, 0.717) is 12.5 Å². The van der Waals surface area contributed by atoms with Crippen molar-refractivity contribution in [2.45, 2.75) is 13.3 Å². The molecule has 0 aliphatic carbocycles. The van der Waals surface area contributed by atoms with Gasteiger partial charge < -0.3 is 10.1 Å². The summed E-state index contributed by atoms with van der Waals surface area (Å²) in [4.78, 5) is 7.96. The van der Waals surface area contributed by atoms with Gasteiger partial charge in [0.05, 0.1) is 6.61 Å². The molecule has 0 unspecified atom stereocenters. The van der Waals surface area contributed by atoms with E-state index in [1.807, 2.05) is 6.92 Å². The average Bonchev–Trinajstić information content (AvgIpc) is 2.18. The van der Waals surface area contributed by atoms with Gasteiger partial charge >= 0.3 is 0 Å². The van der Waals surface area contributed by atoms with Crippen LogP contribution >= 0.6 is 0 Å². The van der Waals surface area contributed by atoms with Crippen molar-refractivity contribution in [2.24, 2.45) is 0 Å². The average molecular weight is 193 g/mol. The molecule has 0 aromatic carbocycles. The molecule has 1 aromatic rings. The van der Waals surface area contributed by atoms with Crippen molar-refractivity contribution >= 4 is 5.82 Å². The molecule has 0 saturated carbocycles. The minimum absolute atomic E-state index is 0.589. The van der Waals surface area contributed by atoms with Gasteiger partial charge in [-0.05, 0) is 6.92 Å². The van der Waals surface area contributed by atoms with Crippen LogP contribution in [0.15, 0.2) is 24.5 Å². The number of nitrogens with zero attached hydrogens (tertiary/aromatic N) is 2. The first kappa shape index (κ1) is 10.5. The number of hydrogen-bond acceptors (Lipinski definition) is 4. The minimum Gasteiger partial charge on any atom is -0.477 e. The fourth-order valence-corrected chi connectivity index (χ4v) is 0.885. The third-order valence-electron chi connectivity index (χ3n) is 1.68. The van der Waals surface area contributed by atoms with Crippen LogP contribution in [-0.4, -0.2) is 23.6 Å². The van der Waals surface area contributed by atoms with Crippen LogP contribution in [0.1, 0.15) is 13.3 Å². The van der Waals surface area contributed by atoms with Crippen LogP contribution in [0.4, 0.5) is 5.82 Å². The molecule has 1 rings (SSSR count). The quantitative estimate of drug-likeness (QED) is 0.725. The van der Waals surface area contributed by atoms with Crippen molar-refractivity contribution in [3.05, 3.63) is 24.5 Å². The Balaban J connectivity index is 2.46. The van der Waals surface area contributed by atoms with Crippen molar-refractivity contribution in [1.82, 2.24) is 9.97 Å². The summed E-state index contributed by atoms with van der Waals surface area (Å²) in [6.45, 7) is 6.38. The van der Waals surface area contributed by atoms with E-state index < -0.39 is 0 Å². The highest BCUT2D eigenvalue weighted by atomic mass is 16.5. The Morgan fingerprint density at radius 2 is 2.36 bits per heavy atom. The summed E-state index contributed by atoms with van der Waals surface area (Å²) in [5.41, 5.74) is 1.10. The molecule has 1 N–H and O–H groups in total. The zero-order chi connectivity index (χ0) is 10.4. The largest absolute Gasteiger partial charge is 0.477 e. The SMILES string of the molecule is C=C(C)CCOc1cc(NC)ncn1. The molecule has 1 aromatic heterocycles. The van der Waals surface area contributed by atoms with Gasteiger partial charge in [0.15, 0.2) is 0 Å². The molecule has 76 valence electrons. The minimum atomic E-state index is 0.589. The molecular formula is C10H15N3O. The first-order valence-corrected chi connectivity index (χ1v) is 4.49. The van der Waals surface area contributed by atoms with Gasteiger partial charge in [0.2, 0.25) is 5.88 Å². The van der Waals surface area contributed by atoms with Crippen LogP contribution in [0.25, 0.3) is 0 Å². The highest BCUT2D eigenvalue weighted by molar-refractivity contribution is 5.35. The molecule has 0 saturated heterocycles. The van der Waals surface area contributed by atoms with E-state index >= 15 is 0 Å². The summed E-state index contributed by atoms with van der Waals surface area (Å²) in [6, 6.07) is 1.76. The maximum Gasteiger partial charge on any atom is 0.218 e. The number of nitrogens with one attached hydrogen (secondary N) is 1. The summed E-state index contributed by atoms with van der Waals surface area (Å²) in [5, 5.41) is 2.92. The normalized spacial score (nSPS) is 9.57. The van der Waals surface area contributed by atoms with E-state index in [9.17, 15) is 0 Å². The van der Waals surface area contributed by atoms with Gasteiger partial charge in [0.1, 0.15) is 12.1 Å². The molecule has 4 nitrogen and oxygen atoms in total. The van der Waals surface area contributed by atoms with Gasteiger partial charge in [-0.25, -0.2) is 9.97 Å². The van der Waals surface area contributed by atoms with Crippen LogP contribution in [0, 0.1) is 0 Å². The predicted molar refractivity (Wildman–Crippen MR) is 56.5 cm³/mol. The van der Waals surface area contributed by atoms with E-state index in [-0.39, 0.29) is 0 Å². The maximum absolute atomic E-state index is 5.41. The Kier molecular flexibility index (Phi) is 3.91. The Morgan fingerprint density at radius 3 is 3.00 bits per heavy atom. The van der Waals surface area contributed by atoms with E-state index in [1.54, 1.807) is 13.1 Å². The molecule has 14 heavy (non-hydrogen) atoms. The molecule has 0 aliphatic heterocycles. The number of rotatable bonds is 5. The van der Waals surface area contributed by atoms with Crippen molar-refractivity contribution < 1.29 is 4.74 Å². The molecule has 4 heteroatoms. The van der Waals surface area contributed by atoms with Crippen molar-refractivity contribution in [1.29, 1.82) is 0 Å². The molecule has 0 spiro atoms. The first-order valence-electron chi connectivity index (χ1n) is 4.49. The zero-order valence-electron chi connectivity index (χ0n) is 8.58. The van der Waals surface area contributed by atoms with Crippen LogP contribution < -0.4 is 10.1 Å². The molecular weight excluding hydrogens is 178 g/mol. The lowest BCUT2D eigenvalue weighted by Crippen LogP contribution is -2.01. The topological polar surface area (TPSA) is 47.0 Å². The van der Waals surface area contributed by atoms with Crippen LogP contribution in [0.3, 0.4) is 0 Å². The number of ether oxygens (including phenoxy) is 1. The number of aromatic nitrogens is 2. The van der Waals surface area contributed by atoms with E-state index in [1.165, 1.54) is 6.33 Å². The van der Waals surface area contributed by atoms with Crippen LogP contribution in [-0.2, 0) is 0 Å². The van der Waals surface area contributed by atoms with Gasteiger partial charge in [-0.1, -0.05) is 5.57 Å². The highest BCUT2D eigenvalue weighted by Gasteiger charge is 1.97. The molecule has 0 amide bonds. The fourth-order valence-electron chi connectivity index (χ4n) is 0.885. The lowest BCUT2D eigenvalue weighted by Gasteiger charge is -2.05. The third kappa shape index (κ3) is 3.43. The molecule has 0 radical (unpaired) electrons. The van der Waals surface area contributed by atoms with E-state index in [2.05, 4.69) is 21.9 Å². The van der Waals surface area contributed by atoms with Crippen molar-refractivity contribution in [3.8, 4) is 5.88 Å². The van der Waals surface area contributed by atoms with Gasteiger partial charge in [-0.15, -0.1) is 6.58 Å². The fraction of sp³-hybridized carbons (Fsp3) is 0.400. The predicted octanol–water partition coefficient (Wildman–Crippen LogP) is 1.86. The first-order chi connectivity index (χ1) is 6.72. The summed E-state index contributed by atoms with van der Waals surface area (Å²) in [5.74, 6) is 1.34. The van der Waals surface area contributed by atoms with Crippen molar-refractivity contribution in [2.75, 3.05) is 19.0 Å². The summed E-state index contributed by atoms with van der Waals surface area (Å²) in [7, 11) is 1.81. The van der Waals surface area contributed by atoms with E-state index in [4.69, 9.17) is 4.74 Å². The Bertz CT molecular complexity index is 312. The van der Waals surface area contributed by atoms with Gasteiger partial charge in [0.25, 0.3) is 0 Å². The second-order valence-electron chi connectivity index (χ2n) is 3.05. The maximum atomic E-state index is 5.41. The monoisotopic (exact) mass is 193 g/mol. The van der Waals surface area contributed by atoms with Crippen LogP contribution in [0.2, 0.25) is 0 Å². The van der Waals surface area contributed by atoms with Crippen molar-refractivity contribution in [3.63, 3.8) is 0 Å². The number of anilines is 1. The van der Waals surface area contributed by atoms with Gasteiger partial charge in [-0.3, -0.25) is 0 Å². The van der Waals surface area contributed by atoms with Crippen LogP contribution in [0.5, 0.6) is 5.88 Å².